The van der Waals surface area contributed by atoms with Gasteiger partial charge in [-0.25, -0.2) is 4.68 Å². The number of para-hydroxylation sites is 3. The van der Waals surface area contributed by atoms with Gasteiger partial charge in [0.15, 0.2) is 0 Å². The van der Waals surface area contributed by atoms with Crippen LogP contribution < -0.4 is 10.6 Å². The summed E-state index contributed by atoms with van der Waals surface area (Å²) >= 11 is 1.47. The van der Waals surface area contributed by atoms with E-state index in [9.17, 15) is 4.79 Å². The Morgan fingerprint density at radius 2 is 1.72 bits per heavy atom. The summed E-state index contributed by atoms with van der Waals surface area (Å²) in [4.78, 5) is 17.2. The molecule has 4 aromatic rings. The van der Waals surface area contributed by atoms with Crippen LogP contribution >= 0.6 is 11.3 Å². The Morgan fingerprint density at radius 1 is 1.03 bits per heavy atom. The number of rotatable bonds is 5. The van der Waals surface area contributed by atoms with Gasteiger partial charge in [0, 0.05) is 11.4 Å². The van der Waals surface area contributed by atoms with E-state index < -0.39 is 0 Å². The fraction of sp³-hybridized carbons (Fsp3) is 0.280. The minimum absolute atomic E-state index is 0.0946. The summed E-state index contributed by atoms with van der Waals surface area (Å²) in [5, 5.41) is 12.4. The fourth-order valence-corrected chi connectivity index (χ4v) is 5.26. The van der Waals surface area contributed by atoms with Gasteiger partial charge in [-0.3, -0.25) is 4.79 Å². The SMILES string of the molecule is Cc1nn(-c2ccccc2)c2sc(C(=O)Nc3ccccc3NC3CCN(C)CC3)cc12. The summed E-state index contributed by atoms with van der Waals surface area (Å²) in [6.45, 7) is 4.16. The lowest BCUT2D eigenvalue weighted by molar-refractivity contribution is 0.103. The second-order valence-electron chi connectivity index (χ2n) is 8.38. The quantitative estimate of drug-likeness (QED) is 0.446. The lowest BCUT2D eigenvalue weighted by Gasteiger charge is -2.30. The highest BCUT2D eigenvalue weighted by Crippen LogP contribution is 2.32. The number of likely N-dealkylation sites (tertiary alicyclic amines) is 1. The molecular weight excluding hydrogens is 418 g/mol. The number of nitrogens with one attached hydrogen (secondary N) is 2. The topological polar surface area (TPSA) is 62.2 Å². The van der Waals surface area contributed by atoms with Gasteiger partial charge in [0.25, 0.3) is 5.91 Å². The van der Waals surface area contributed by atoms with Crippen molar-refractivity contribution in [3.63, 3.8) is 0 Å². The number of hydrogen-bond donors (Lipinski definition) is 2. The second kappa shape index (κ2) is 8.76. The molecule has 1 amide bonds. The van der Waals surface area contributed by atoms with E-state index in [4.69, 9.17) is 0 Å². The molecule has 1 fully saturated rings. The molecule has 5 rings (SSSR count). The van der Waals surface area contributed by atoms with Crippen LogP contribution in [0.2, 0.25) is 0 Å². The van der Waals surface area contributed by atoms with Crippen LogP contribution in [0.3, 0.4) is 0 Å². The van der Waals surface area contributed by atoms with Crippen LogP contribution in [0.5, 0.6) is 0 Å². The molecule has 7 heteroatoms. The predicted octanol–water partition coefficient (Wildman–Crippen LogP) is 5.15. The predicted molar refractivity (Wildman–Crippen MR) is 132 cm³/mol. The van der Waals surface area contributed by atoms with Crippen LogP contribution in [0.1, 0.15) is 28.2 Å². The summed E-state index contributed by atoms with van der Waals surface area (Å²) in [6.07, 6.45) is 2.20. The zero-order valence-corrected chi connectivity index (χ0v) is 19.2. The van der Waals surface area contributed by atoms with E-state index >= 15 is 0 Å². The highest BCUT2D eigenvalue weighted by molar-refractivity contribution is 7.20. The number of carbonyl (C=O) groups is 1. The van der Waals surface area contributed by atoms with E-state index in [1.54, 1.807) is 0 Å². The zero-order chi connectivity index (χ0) is 22.1. The normalized spacial score (nSPS) is 15.2. The maximum absolute atomic E-state index is 13.2. The van der Waals surface area contributed by atoms with Gasteiger partial charge in [-0.1, -0.05) is 30.3 Å². The molecule has 0 atom stereocenters. The van der Waals surface area contributed by atoms with Gasteiger partial charge in [-0.05, 0) is 70.2 Å². The Bertz CT molecular complexity index is 1240. The van der Waals surface area contributed by atoms with Gasteiger partial charge < -0.3 is 15.5 Å². The Labute approximate surface area is 191 Å². The maximum atomic E-state index is 13.2. The molecule has 32 heavy (non-hydrogen) atoms. The van der Waals surface area contributed by atoms with Gasteiger partial charge in [0.2, 0.25) is 0 Å². The maximum Gasteiger partial charge on any atom is 0.265 e. The number of fused-ring (bicyclic) bond motifs is 1. The number of piperidine rings is 1. The van der Waals surface area contributed by atoms with Gasteiger partial charge in [-0.15, -0.1) is 11.3 Å². The van der Waals surface area contributed by atoms with Crippen molar-refractivity contribution < 1.29 is 4.79 Å². The number of hydrogen-bond acceptors (Lipinski definition) is 5. The van der Waals surface area contributed by atoms with Crippen molar-refractivity contribution in [2.24, 2.45) is 0 Å². The fourth-order valence-electron chi connectivity index (χ4n) is 4.18. The molecular formula is C25H27N5OS. The first-order valence-electron chi connectivity index (χ1n) is 11.0. The van der Waals surface area contributed by atoms with Crippen molar-refractivity contribution in [3.8, 4) is 5.69 Å². The second-order valence-corrected chi connectivity index (χ2v) is 9.41. The van der Waals surface area contributed by atoms with Gasteiger partial charge in [0.1, 0.15) is 4.83 Å². The minimum atomic E-state index is -0.0946. The molecule has 164 valence electrons. The average Bonchev–Trinajstić information content (AvgIpc) is 3.38. The minimum Gasteiger partial charge on any atom is -0.381 e. The van der Waals surface area contributed by atoms with Gasteiger partial charge in [-0.2, -0.15) is 5.10 Å². The molecule has 1 aliphatic heterocycles. The Hall–Kier alpha value is -3.16. The van der Waals surface area contributed by atoms with Crippen molar-refractivity contribution >= 4 is 38.8 Å². The van der Waals surface area contributed by atoms with Gasteiger partial charge in [0.05, 0.1) is 27.6 Å². The van der Waals surface area contributed by atoms with E-state index in [0.29, 0.717) is 10.9 Å². The number of aromatic nitrogens is 2. The number of anilines is 2. The zero-order valence-electron chi connectivity index (χ0n) is 18.3. The number of nitrogens with zero attached hydrogens (tertiary/aromatic N) is 3. The molecule has 3 heterocycles. The number of thiophene rings is 1. The first-order valence-corrected chi connectivity index (χ1v) is 11.8. The van der Waals surface area contributed by atoms with Crippen molar-refractivity contribution in [1.29, 1.82) is 0 Å². The van der Waals surface area contributed by atoms with Crippen molar-refractivity contribution in [3.05, 3.63) is 71.2 Å². The van der Waals surface area contributed by atoms with Crippen LogP contribution in [0.25, 0.3) is 15.9 Å². The summed E-state index contributed by atoms with van der Waals surface area (Å²) in [5.74, 6) is -0.0946. The van der Waals surface area contributed by atoms with Crippen molar-refractivity contribution in [2.75, 3.05) is 30.8 Å². The number of carbonyl (C=O) groups excluding carboxylic acids is 1. The molecule has 1 saturated heterocycles. The van der Waals surface area contributed by atoms with E-state index in [2.05, 4.69) is 27.7 Å². The molecule has 0 radical (unpaired) electrons. The third-order valence-corrected chi connectivity index (χ3v) is 7.13. The van der Waals surface area contributed by atoms with E-state index in [0.717, 1.165) is 58.9 Å². The first-order chi connectivity index (χ1) is 15.6. The molecule has 1 aliphatic rings. The Kier molecular flexibility index (Phi) is 5.68. The molecule has 0 saturated carbocycles. The standard InChI is InChI=1S/C25H27N5OS/c1-17-20-16-23(32-25(20)30(28-17)19-8-4-3-5-9-19)24(31)27-22-11-7-6-10-21(22)26-18-12-14-29(2)15-13-18/h3-11,16,18,26H,12-15H2,1-2H3,(H,27,31). The number of benzene rings is 2. The molecule has 0 unspecified atom stereocenters. The molecule has 2 aromatic carbocycles. The smallest absolute Gasteiger partial charge is 0.265 e. The highest BCUT2D eigenvalue weighted by Gasteiger charge is 2.20. The third-order valence-electron chi connectivity index (χ3n) is 6.02. The van der Waals surface area contributed by atoms with E-state index in [1.165, 1.54) is 11.3 Å². The molecule has 0 aliphatic carbocycles. The molecule has 2 aromatic heterocycles. The molecule has 6 nitrogen and oxygen atoms in total. The van der Waals surface area contributed by atoms with Crippen LogP contribution in [0.4, 0.5) is 11.4 Å². The molecule has 0 spiro atoms. The lowest BCUT2D eigenvalue weighted by Crippen LogP contribution is -2.36. The summed E-state index contributed by atoms with van der Waals surface area (Å²) in [6, 6.07) is 20.4. The van der Waals surface area contributed by atoms with Crippen LogP contribution in [-0.2, 0) is 0 Å². The summed E-state index contributed by atoms with van der Waals surface area (Å²) < 4.78 is 1.92. The molecule has 2 N–H and O–H groups in total. The average molecular weight is 446 g/mol. The van der Waals surface area contributed by atoms with Crippen LogP contribution in [-0.4, -0.2) is 46.8 Å². The molecule has 0 bridgehead atoms. The summed E-state index contributed by atoms with van der Waals surface area (Å²) in [7, 11) is 2.16. The van der Waals surface area contributed by atoms with E-state index in [-0.39, 0.29) is 5.91 Å². The van der Waals surface area contributed by atoms with E-state index in [1.807, 2.05) is 72.3 Å². The first kappa shape index (κ1) is 20.7. The van der Waals surface area contributed by atoms with Crippen LogP contribution in [0.15, 0.2) is 60.7 Å². The highest BCUT2D eigenvalue weighted by atomic mass is 32.1. The number of amides is 1. The largest absolute Gasteiger partial charge is 0.381 e. The monoisotopic (exact) mass is 445 g/mol. The van der Waals surface area contributed by atoms with Gasteiger partial charge >= 0.3 is 0 Å². The van der Waals surface area contributed by atoms with Crippen molar-refractivity contribution in [1.82, 2.24) is 14.7 Å². The van der Waals surface area contributed by atoms with Crippen molar-refractivity contribution in [2.45, 2.75) is 25.8 Å². The summed E-state index contributed by atoms with van der Waals surface area (Å²) in [5.41, 5.74) is 3.70. The number of aryl methyl sites for hydroxylation is 1. The Balaban J connectivity index is 1.38. The Morgan fingerprint density at radius 3 is 2.47 bits per heavy atom. The van der Waals surface area contributed by atoms with Crippen LogP contribution in [0, 0.1) is 6.92 Å². The third kappa shape index (κ3) is 4.13. The lowest BCUT2D eigenvalue weighted by atomic mass is 10.0.